The molecule has 5 aliphatic rings. The highest BCUT2D eigenvalue weighted by Crippen LogP contribution is 2.75. The van der Waals surface area contributed by atoms with E-state index in [1.54, 1.807) is 0 Å². The molecule has 0 aromatic carbocycles. The summed E-state index contributed by atoms with van der Waals surface area (Å²) in [6, 6.07) is 0. The van der Waals surface area contributed by atoms with Crippen LogP contribution in [0.1, 0.15) is 113 Å². The molecule has 5 rings (SSSR count). The molecule has 9 unspecified atom stereocenters. The van der Waals surface area contributed by atoms with Gasteiger partial charge in [0, 0.05) is 11.8 Å². The van der Waals surface area contributed by atoms with Crippen molar-refractivity contribution in [3.8, 4) is 0 Å². The maximum absolute atomic E-state index is 12.9. The van der Waals surface area contributed by atoms with E-state index in [9.17, 15) is 4.79 Å². The van der Waals surface area contributed by atoms with Gasteiger partial charge in [0.15, 0.2) is 0 Å². The molecule has 4 saturated carbocycles. The Morgan fingerprint density at radius 2 is 1.55 bits per heavy atom. The Morgan fingerprint density at radius 1 is 0.839 bits per heavy atom. The first-order valence-electron chi connectivity index (χ1n) is 13.6. The number of hydrogen-bond acceptors (Lipinski definition) is 1. The summed E-state index contributed by atoms with van der Waals surface area (Å²) in [5.74, 6) is 4.24. The molecule has 1 heteroatoms. The standard InChI is InChI=1S/C30H48O/c1-19-11-14-27(5)17-18-29(7)21(25(27)20(19)2)9-10-23-28(6)15-13-24(31)26(3,4)22(28)12-16-30(23,29)8/h9,19-20,22-23,25H,10-18H2,1-8H3. The van der Waals surface area contributed by atoms with Crippen molar-refractivity contribution in [2.45, 2.75) is 113 Å². The number of ketones is 1. The molecule has 9 atom stereocenters. The van der Waals surface area contributed by atoms with Crippen LogP contribution in [0.4, 0.5) is 0 Å². The lowest BCUT2D eigenvalue weighted by Gasteiger charge is -2.71. The van der Waals surface area contributed by atoms with E-state index in [-0.39, 0.29) is 5.41 Å². The Labute approximate surface area is 192 Å². The van der Waals surface area contributed by atoms with Gasteiger partial charge in [-0.3, -0.25) is 4.79 Å². The van der Waals surface area contributed by atoms with E-state index in [0.717, 1.165) is 36.5 Å². The largest absolute Gasteiger partial charge is 0.299 e. The number of allylic oxidation sites excluding steroid dienone is 2. The second kappa shape index (κ2) is 6.50. The topological polar surface area (TPSA) is 17.1 Å². The Kier molecular flexibility index (Phi) is 4.66. The average molecular weight is 425 g/mol. The summed E-state index contributed by atoms with van der Waals surface area (Å²) < 4.78 is 0. The van der Waals surface area contributed by atoms with Crippen LogP contribution in [0.15, 0.2) is 11.6 Å². The molecule has 0 aliphatic heterocycles. The van der Waals surface area contributed by atoms with Gasteiger partial charge in [-0.2, -0.15) is 0 Å². The fourth-order valence-corrected chi connectivity index (χ4v) is 10.7. The van der Waals surface area contributed by atoms with Crippen molar-refractivity contribution in [1.29, 1.82) is 0 Å². The van der Waals surface area contributed by atoms with Gasteiger partial charge in [0.25, 0.3) is 0 Å². The SMILES string of the molecule is CC1CCC2(C)CCC3(C)C(=CCC4C5(C)CCC(=O)C(C)(C)C5CCC43C)C2C1C. The zero-order valence-electron chi connectivity index (χ0n) is 21.7. The lowest BCUT2D eigenvalue weighted by molar-refractivity contribution is -0.185. The molecular formula is C30H48O. The molecule has 4 fully saturated rings. The predicted molar refractivity (Wildman–Crippen MR) is 130 cm³/mol. The summed E-state index contributed by atoms with van der Waals surface area (Å²) in [4.78, 5) is 12.9. The molecule has 1 nitrogen and oxygen atoms in total. The van der Waals surface area contributed by atoms with Crippen molar-refractivity contribution in [2.75, 3.05) is 0 Å². The Morgan fingerprint density at radius 3 is 2.26 bits per heavy atom. The quantitative estimate of drug-likeness (QED) is 0.358. The highest BCUT2D eigenvalue weighted by Gasteiger charge is 2.68. The molecule has 0 aromatic rings. The van der Waals surface area contributed by atoms with Gasteiger partial charge in [0.05, 0.1) is 0 Å². The van der Waals surface area contributed by atoms with E-state index in [2.05, 4.69) is 61.5 Å². The molecule has 174 valence electrons. The van der Waals surface area contributed by atoms with Gasteiger partial charge >= 0.3 is 0 Å². The van der Waals surface area contributed by atoms with Crippen molar-refractivity contribution >= 4 is 5.78 Å². The number of hydrogen-bond donors (Lipinski definition) is 0. The number of carbonyl (C=O) groups excluding carboxylic acids is 1. The Bertz CT molecular complexity index is 820. The van der Waals surface area contributed by atoms with Gasteiger partial charge in [-0.15, -0.1) is 0 Å². The molecule has 0 aromatic heterocycles. The first-order chi connectivity index (χ1) is 14.3. The average Bonchev–Trinajstić information content (AvgIpc) is 2.69. The van der Waals surface area contributed by atoms with E-state index < -0.39 is 0 Å². The summed E-state index contributed by atoms with van der Waals surface area (Å²) in [5, 5.41) is 0. The van der Waals surface area contributed by atoms with Gasteiger partial charge in [-0.05, 0) is 103 Å². The molecule has 0 amide bonds. The van der Waals surface area contributed by atoms with E-state index in [1.807, 2.05) is 5.57 Å². The molecule has 0 saturated heterocycles. The fourth-order valence-electron chi connectivity index (χ4n) is 10.7. The van der Waals surface area contributed by atoms with Crippen molar-refractivity contribution in [3.63, 3.8) is 0 Å². The lowest BCUT2D eigenvalue weighted by Crippen LogP contribution is -2.64. The number of Topliss-reactive ketones (excluding diaryl/α,β-unsaturated/α-hetero) is 1. The second-order valence-electron chi connectivity index (χ2n) is 14.4. The van der Waals surface area contributed by atoms with Crippen LogP contribution < -0.4 is 0 Å². The second-order valence-corrected chi connectivity index (χ2v) is 14.4. The third kappa shape index (κ3) is 2.59. The van der Waals surface area contributed by atoms with Crippen molar-refractivity contribution in [3.05, 3.63) is 11.6 Å². The zero-order valence-corrected chi connectivity index (χ0v) is 21.7. The number of carbonyl (C=O) groups is 1. The summed E-state index contributed by atoms with van der Waals surface area (Å²) >= 11 is 0. The fraction of sp³-hybridized carbons (Fsp3) is 0.900. The van der Waals surface area contributed by atoms with Crippen molar-refractivity contribution in [1.82, 2.24) is 0 Å². The zero-order chi connectivity index (χ0) is 22.6. The minimum absolute atomic E-state index is 0.141. The summed E-state index contributed by atoms with van der Waals surface area (Å²) in [6.45, 7) is 20.2. The van der Waals surface area contributed by atoms with Gasteiger partial charge in [0.1, 0.15) is 5.78 Å². The van der Waals surface area contributed by atoms with Gasteiger partial charge in [-0.1, -0.05) is 67.0 Å². The minimum atomic E-state index is -0.141. The van der Waals surface area contributed by atoms with Crippen LogP contribution >= 0.6 is 0 Å². The van der Waals surface area contributed by atoms with E-state index >= 15 is 0 Å². The number of fused-ring (bicyclic) bond motifs is 7. The summed E-state index contributed by atoms with van der Waals surface area (Å²) in [7, 11) is 0. The van der Waals surface area contributed by atoms with Crippen LogP contribution in [0.5, 0.6) is 0 Å². The normalized spacial score (nSPS) is 55.9. The Balaban J connectivity index is 1.60. The smallest absolute Gasteiger partial charge is 0.138 e. The summed E-state index contributed by atoms with van der Waals surface area (Å²) in [5.41, 5.74) is 3.26. The van der Waals surface area contributed by atoms with Crippen LogP contribution in [-0.4, -0.2) is 5.78 Å². The third-order valence-electron chi connectivity index (χ3n) is 13.1. The molecule has 0 heterocycles. The monoisotopic (exact) mass is 424 g/mol. The minimum Gasteiger partial charge on any atom is -0.299 e. The van der Waals surface area contributed by atoms with Crippen LogP contribution in [0.25, 0.3) is 0 Å². The molecular weight excluding hydrogens is 376 g/mol. The van der Waals surface area contributed by atoms with E-state index in [1.165, 1.54) is 44.9 Å². The molecule has 31 heavy (non-hydrogen) atoms. The Hall–Kier alpha value is -0.590. The van der Waals surface area contributed by atoms with Crippen LogP contribution in [-0.2, 0) is 4.79 Å². The maximum atomic E-state index is 12.9. The van der Waals surface area contributed by atoms with Crippen LogP contribution in [0.3, 0.4) is 0 Å². The highest BCUT2D eigenvalue weighted by atomic mass is 16.1. The van der Waals surface area contributed by atoms with E-state index in [4.69, 9.17) is 0 Å². The van der Waals surface area contributed by atoms with Crippen LogP contribution in [0.2, 0.25) is 0 Å². The molecule has 5 aliphatic carbocycles. The van der Waals surface area contributed by atoms with Crippen molar-refractivity contribution < 1.29 is 4.79 Å². The predicted octanol–water partition coefficient (Wildman–Crippen LogP) is 8.23. The molecule has 0 N–H and O–H groups in total. The maximum Gasteiger partial charge on any atom is 0.138 e. The molecule has 0 bridgehead atoms. The molecule has 0 radical (unpaired) electrons. The highest BCUT2D eigenvalue weighted by molar-refractivity contribution is 5.85. The van der Waals surface area contributed by atoms with Crippen molar-refractivity contribution in [2.24, 2.45) is 56.7 Å². The third-order valence-corrected chi connectivity index (χ3v) is 13.1. The van der Waals surface area contributed by atoms with E-state index in [0.29, 0.717) is 33.4 Å². The first kappa shape index (κ1) is 22.2. The molecule has 0 spiro atoms. The van der Waals surface area contributed by atoms with Crippen LogP contribution in [0, 0.1) is 56.7 Å². The summed E-state index contributed by atoms with van der Waals surface area (Å²) in [6.07, 6.45) is 14.1. The van der Waals surface area contributed by atoms with Gasteiger partial charge in [0.2, 0.25) is 0 Å². The lowest BCUT2D eigenvalue weighted by atomic mass is 9.33. The van der Waals surface area contributed by atoms with Gasteiger partial charge < -0.3 is 0 Å². The van der Waals surface area contributed by atoms with Gasteiger partial charge in [-0.25, -0.2) is 0 Å². The number of rotatable bonds is 0. The first-order valence-corrected chi connectivity index (χ1v) is 13.6.